The first-order valence-corrected chi connectivity index (χ1v) is 10.7. The Morgan fingerprint density at radius 3 is 2.56 bits per heavy atom. The van der Waals surface area contributed by atoms with E-state index in [0.717, 1.165) is 30.0 Å². The molecule has 1 atom stereocenters. The molecule has 0 bridgehead atoms. The lowest BCUT2D eigenvalue weighted by atomic mass is 9.77. The Kier molecular flexibility index (Phi) is 6.21. The van der Waals surface area contributed by atoms with Crippen LogP contribution in [0.1, 0.15) is 53.8 Å². The van der Waals surface area contributed by atoms with Crippen LogP contribution in [-0.4, -0.2) is 17.1 Å². The molecule has 1 saturated carbocycles. The third-order valence-electron chi connectivity index (χ3n) is 6.04. The van der Waals surface area contributed by atoms with E-state index in [0.29, 0.717) is 5.56 Å². The summed E-state index contributed by atoms with van der Waals surface area (Å²) in [6, 6.07) is 9.46. The van der Waals surface area contributed by atoms with Crippen LogP contribution in [-0.2, 0) is 6.67 Å². The normalized spacial score (nSPS) is 14.8. The summed E-state index contributed by atoms with van der Waals surface area (Å²) in [6.45, 7) is 0.865. The van der Waals surface area contributed by atoms with E-state index in [1.54, 1.807) is 19.1 Å². The Bertz CT molecular complexity index is 1220. The van der Waals surface area contributed by atoms with E-state index in [9.17, 15) is 22.8 Å². The minimum absolute atomic E-state index is 0.0425. The Morgan fingerprint density at radius 2 is 1.94 bits per heavy atom. The molecule has 5 nitrogen and oxygen atoms in total. The largest absolute Gasteiger partial charge is 0.345 e. The summed E-state index contributed by atoms with van der Waals surface area (Å²) >= 11 is 0. The predicted octanol–water partition coefficient (Wildman–Crippen LogP) is 4.58. The second-order valence-corrected chi connectivity index (χ2v) is 7.97. The van der Waals surface area contributed by atoms with Gasteiger partial charge in [0, 0.05) is 11.9 Å². The van der Waals surface area contributed by atoms with Crippen molar-refractivity contribution < 1.29 is 18.0 Å². The van der Waals surface area contributed by atoms with Crippen molar-refractivity contribution in [2.75, 3.05) is 12.0 Å². The van der Waals surface area contributed by atoms with E-state index in [-0.39, 0.29) is 34.5 Å². The van der Waals surface area contributed by atoms with Crippen LogP contribution < -0.4 is 16.3 Å². The molecule has 0 unspecified atom stereocenters. The fourth-order valence-electron chi connectivity index (χ4n) is 4.32. The van der Waals surface area contributed by atoms with Gasteiger partial charge in [0.05, 0.1) is 22.7 Å². The maximum absolute atomic E-state index is 14.6. The molecule has 4 rings (SSSR count). The molecule has 1 aliphatic carbocycles. The molecule has 3 aromatic rings. The van der Waals surface area contributed by atoms with Crippen LogP contribution >= 0.6 is 0 Å². The van der Waals surface area contributed by atoms with Crippen molar-refractivity contribution in [3.8, 4) is 0 Å². The first-order valence-electron chi connectivity index (χ1n) is 10.7. The third-order valence-corrected chi connectivity index (χ3v) is 6.04. The molecule has 1 amide bonds. The van der Waals surface area contributed by atoms with E-state index < -0.39 is 35.8 Å². The maximum atomic E-state index is 14.6. The minimum atomic E-state index is -1.11. The van der Waals surface area contributed by atoms with Crippen LogP contribution in [0.3, 0.4) is 0 Å². The molecule has 1 aliphatic rings. The lowest BCUT2D eigenvalue weighted by molar-refractivity contribution is 0.0899. The van der Waals surface area contributed by atoms with Gasteiger partial charge in [0.25, 0.3) is 11.5 Å². The van der Waals surface area contributed by atoms with Gasteiger partial charge in [-0.3, -0.25) is 9.59 Å². The van der Waals surface area contributed by atoms with Crippen LogP contribution in [0.25, 0.3) is 10.8 Å². The molecular formula is C24H24F3N3O2. The highest BCUT2D eigenvalue weighted by atomic mass is 19.1. The van der Waals surface area contributed by atoms with Gasteiger partial charge < -0.3 is 10.7 Å². The molecule has 1 heterocycles. The van der Waals surface area contributed by atoms with Gasteiger partial charge in [-0.1, -0.05) is 30.7 Å². The van der Waals surface area contributed by atoms with Crippen LogP contribution in [0.5, 0.6) is 0 Å². The number of alkyl halides is 1. The van der Waals surface area contributed by atoms with Crippen molar-refractivity contribution in [2.45, 2.75) is 38.9 Å². The molecule has 0 saturated heterocycles. The van der Waals surface area contributed by atoms with Crippen molar-refractivity contribution in [2.24, 2.45) is 5.92 Å². The first-order chi connectivity index (χ1) is 15.5. The smallest absolute Gasteiger partial charge is 0.280 e. The Morgan fingerprint density at radius 1 is 1.19 bits per heavy atom. The van der Waals surface area contributed by atoms with Gasteiger partial charge in [-0.25, -0.2) is 17.8 Å². The summed E-state index contributed by atoms with van der Waals surface area (Å²) in [5.41, 5.74) is 2.28. The number of benzene rings is 2. The third kappa shape index (κ3) is 3.85. The summed E-state index contributed by atoms with van der Waals surface area (Å²) < 4.78 is 43.5. The maximum Gasteiger partial charge on any atom is 0.280 e. The summed E-state index contributed by atoms with van der Waals surface area (Å²) in [6.07, 6.45) is 2.73. The molecule has 0 aliphatic heterocycles. The van der Waals surface area contributed by atoms with Crippen molar-refractivity contribution >= 4 is 16.7 Å². The van der Waals surface area contributed by atoms with Crippen molar-refractivity contribution in [1.29, 1.82) is 0 Å². The lowest BCUT2D eigenvalue weighted by Gasteiger charge is -2.35. The number of carbonyl (C=O) groups is 1. The zero-order valence-corrected chi connectivity index (χ0v) is 17.6. The highest BCUT2D eigenvalue weighted by Gasteiger charge is 2.32. The van der Waals surface area contributed by atoms with Gasteiger partial charge in [0.15, 0.2) is 0 Å². The summed E-state index contributed by atoms with van der Waals surface area (Å²) in [5.74, 6) is -1.74. The van der Waals surface area contributed by atoms with E-state index in [4.69, 9.17) is 0 Å². The Hall–Kier alpha value is -3.29. The van der Waals surface area contributed by atoms with Crippen molar-refractivity contribution in [3.63, 3.8) is 0 Å². The molecule has 8 heteroatoms. The monoisotopic (exact) mass is 443 g/mol. The molecule has 2 N–H and O–H groups in total. The van der Waals surface area contributed by atoms with E-state index in [1.165, 1.54) is 24.3 Å². The van der Waals surface area contributed by atoms with Gasteiger partial charge in [0.2, 0.25) is 0 Å². The zero-order valence-electron chi connectivity index (χ0n) is 17.6. The highest BCUT2D eigenvalue weighted by Crippen LogP contribution is 2.38. The number of rotatable bonds is 7. The van der Waals surface area contributed by atoms with Crippen LogP contribution in [0.2, 0.25) is 0 Å². The molecule has 2 aromatic carbocycles. The number of carbonyl (C=O) groups excluding carboxylic acids is 1. The second kappa shape index (κ2) is 9.06. The summed E-state index contributed by atoms with van der Waals surface area (Å²) in [4.78, 5) is 26.4. The number of hydrogen-bond donors (Lipinski definition) is 2. The molecule has 0 radical (unpaired) electrons. The second-order valence-electron chi connectivity index (χ2n) is 7.97. The Balaban J connectivity index is 1.86. The number of nitrogens with one attached hydrogen (secondary N) is 2. The van der Waals surface area contributed by atoms with E-state index in [1.807, 2.05) is 0 Å². The molecule has 32 heavy (non-hydrogen) atoms. The van der Waals surface area contributed by atoms with Gasteiger partial charge in [0.1, 0.15) is 18.3 Å². The highest BCUT2D eigenvalue weighted by molar-refractivity contribution is 6.08. The quantitative estimate of drug-likeness (QED) is 0.562. The number of hydrogen-bond acceptors (Lipinski definition) is 3. The Labute approximate surface area is 183 Å². The van der Waals surface area contributed by atoms with Gasteiger partial charge in [-0.05, 0) is 49.4 Å². The summed E-state index contributed by atoms with van der Waals surface area (Å²) in [5, 5.41) is 2.67. The number of nitrogens with zero attached hydrogens (tertiary/aromatic N) is 1. The first kappa shape index (κ1) is 21.9. The van der Waals surface area contributed by atoms with Gasteiger partial charge in [-0.15, -0.1) is 0 Å². The lowest BCUT2D eigenvalue weighted by Crippen LogP contribution is -2.39. The molecule has 0 spiro atoms. The van der Waals surface area contributed by atoms with Crippen molar-refractivity contribution in [3.05, 3.63) is 81.3 Å². The van der Waals surface area contributed by atoms with Gasteiger partial charge >= 0.3 is 0 Å². The topological polar surface area (TPSA) is 63.1 Å². The zero-order chi connectivity index (χ0) is 22.8. The SMILES string of the molecule is CCNn1c(CF)c(C(=O)N[C@H](c2cccc(F)c2)C2CCC2)c2cccc(F)c2c1=O. The fraction of sp³-hybridized carbons (Fsp3) is 0.333. The fourth-order valence-corrected chi connectivity index (χ4v) is 4.32. The average Bonchev–Trinajstić information content (AvgIpc) is 2.73. The summed E-state index contributed by atoms with van der Waals surface area (Å²) in [7, 11) is 0. The number of amides is 1. The molecule has 1 aromatic heterocycles. The van der Waals surface area contributed by atoms with Crippen LogP contribution in [0.4, 0.5) is 13.2 Å². The number of pyridine rings is 1. The molecular weight excluding hydrogens is 419 g/mol. The molecule has 168 valence electrons. The van der Waals surface area contributed by atoms with E-state index in [2.05, 4.69) is 10.7 Å². The van der Waals surface area contributed by atoms with E-state index >= 15 is 0 Å². The minimum Gasteiger partial charge on any atom is -0.345 e. The number of aromatic nitrogens is 1. The average molecular weight is 443 g/mol. The van der Waals surface area contributed by atoms with Crippen LogP contribution in [0.15, 0.2) is 47.3 Å². The van der Waals surface area contributed by atoms with Crippen LogP contribution in [0, 0.1) is 17.6 Å². The predicted molar refractivity (Wildman–Crippen MR) is 117 cm³/mol. The number of halogens is 3. The number of fused-ring (bicyclic) bond motifs is 1. The van der Waals surface area contributed by atoms with Gasteiger partial charge in [-0.2, -0.15) is 0 Å². The molecule has 1 fully saturated rings. The van der Waals surface area contributed by atoms with Crippen molar-refractivity contribution in [1.82, 2.24) is 9.99 Å². The standard InChI is InChI=1S/C24H24F3N3O2/c1-2-28-30-19(13-25)21(17-10-5-11-18(27)20(17)24(30)32)23(31)29-22(14-6-3-7-14)15-8-4-9-16(26)12-15/h4-5,8-12,14,22,28H,2-3,6-7,13H2,1H3,(H,29,31)/t22-/m0/s1.